The van der Waals surface area contributed by atoms with E-state index in [9.17, 15) is 0 Å². The number of unbranched alkanes of at least 4 members (excludes halogenated alkanes) is 8. The van der Waals surface area contributed by atoms with Gasteiger partial charge in [-0.05, 0) is 34.4 Å². The van der Waals surface area contributed by atoms with Crippen LogP contribution in [-0.4, -0.2) is 24.5 Å². The molecule has 0 aliphatic carbocycles. The Hall–Kier alpha value is 0.250. The van der Waals surface area contributed by atoms with Gasteiger partial charge in [-0.15, -0.1) is 12.4 Å². The molecule has 0 aliphatic heterocycles. The maximum Gasteiger partial charge on any atom is 0.0147 e. The van der Waals surface area contributed by atoms with E-state index in [1.807, 2.05) is 0 Å². The third kappa shape index (κ3) is 11.3. The molecule has 112 valence electrons. The zero-order valence-corrected chi connectivity index (χ0v) is 14.2. The average molecular weight is 278 g/mol. The second-order valence-corrected chi connectivity index (χ2v) is 6.29. The van der Waals surface area contributed by atoms with Crippen molar-refractivity contribution in [3.8, 4) is 0 Å². The highest BCUT2D eigenvalue weighted by Gasteiger charge is 2.18. The van der Waals surface area contributed by atoms with Crippen molar-refractivity contribution >= 4 is 12.4 Å². The third-order valence-electron chi connectivity index (χ3n) is 4.10. The Morgan fingerprint density at radius 1 is 0.722 bits per heavy atom. The molecule has 0 N–H and O–H groups in total. The van der Waals surface area contributed by atoms with Crippen LogP contribution in [-0.2, 0) is 0 Å². The van der Waals surface area contributed by atoms with Crippen molar-refractivity contribution in [3.63, 3.8) is 0 Å². The van der Waals surface area contributed by atoms with E-state index in [1.54, 1.807) is 0 Å². The monoisotopic (exact) mass is 277 g/mol. The van der Waals surface area contributed by atoms with Crippen LogP contribution in [0.2, 0.25) is 0 Å². The molecule has 0 rings (SSSR count). The Kier molecular flexibility index (Phi) is 14.0. The smallest absolute Gasteiger partial charge is 0.0147 e. The summed E-state index contributed by atoms with van der Waals surface area (Å²) in [5.74, 6) is 0. The fourth-order valence-electron chi connectivity index (χ4n) is 2.09. The number of nitrogens with zero attached hydrogens (tertiary/aromatic N) is 1. The van der Waals surface area contributed by atoms with Gasteiger partial charge in [-0.1, -0.05) is 64.7 Å². The molecule has 0 aromatic rings. The first kappa shape index (κ1) is 20.6. The molecule has 18 heavy (non-hydrogen) atoms. The molecule has 0 unspecified atom stereocenters. The Morgan fingerprint density at radius 2 is 1.11 bits per heavy atom. The molecule has 0 aromatic carbocycles. The van der Waals surface area contributed by atoms with Crippen molar-refractivity contribution < 1.29 is 0 Å². The molecule has 2 heteroatoms. The largest absolute Gasteiger partial charge is 0.304 e. The van der Waals surface area contributed by atoms with Crippen molar-refractivity contribution in [3.05, 3.63) is 0 Å². The van der Waals surface area contributed by atoms with Crippen LogP contribution in [0.25, 0.3) is 0 Å². The molecule has 0 fully saturated rings. The van der Waals surface area contributed by atoms with Gasteiger partial charge in [0.05, 0.1) is 0 Å². The van der Waals surface area contributed by atoms with Crippen LogP contribution in [0.15, 0.2) is 0 Å². The second kappa shape index (κ2) is 12.3. The molecule has 0 saturated carbocycles. The SMILES string of the molecule is CCCCCCCCCCCC(C)(C)N(C)C.Cl. The fraction of sp³-hybridized carbons (Fsp3) is 1.00. The Bertz CT molecular complexity index is 166. The first-order valence-electron chi connectivity index (χ1n) is 7.68. The van der Waals surface area contributed by atoms with Crippen molar-refractivity contribution in [2.24, 2.45) is 0 Å². The molecule has 0 saturated heterocycles. The molecule has 1 nitrogen and oxygen atoms in total. The zero-order valence-electron chi connectivity index (χ0n) is 13.4. The summed E-state index contributed by atoms with van der Waals surface area (Å²) < 4.78 is 0. The predicted molar refractivity (Wildman–Crippen MR) is 86.9 cm³/mol. The molecule has 0 radical (unpaired) electrons. The van der Waals surface area contributed by atoms with Gasteiger partial charge >= 0.3 is 0 Å². The van der Waals surface area contributed by atoms with E-state index in [2.05, 4.69) is 39.8 Å². The zero-order chi connectivity index (χ0) is 13.1. The summed E-state index contributed by atoms with van der Waals surface area (Å²) in [6.45, 7) is 6.97. The van der Waals surface area contributed by atoms with Gasteiger partial charge in [-0.3, -0.25) is 0 Å². The van der Waals surface area contributed by atoms with Crippen LogP contribution >= 0.6 is 12.4 Å². The third-order valence-corrected chi connectivity index (χ3v) is 4.10. The Morgan fingerprint density at radius 3 is 1.50 bits per heavy atom. The highest BCUT2D eigenvalue weighted by molar-refractivity contribution is 5.85. The van der Waals surface area contributed by atoms with Gasteiger partial charge in [0, 0.05) is 5.54 Å². The summed E-state index contributed by atoms with van der Waals surface area (Å²) >= 11 is 0. The summed E-state index contributed by atoms with van der Waals surface area (Å²) in [4.78, 5) is 2.34. The molecule has 0 spiro atoms. The van der Waals surface area contributed by atoms with E-state index in [0.717, 1.165) is 0 Å². The first-order valence-corrected chi connectivity index (χ1v) is 7.68. The molecular weight excluding hydrogens is 242 g/mol. The lowest BCUT2D eigenvalue weighted by Gasteiger charge is -2.32. The maximum absolute atomic E-state index is 2.34. The minimum atomic E-state index is 0. The molecular formula is C16H36ClN. The minimum Gasteiger partial charge on any atom is -0.304 e. The Balaban J connectivity index is 0. The van der Waals surface area contributed by atoms with E-state index >= 15 is 0 Å². The van der Waals surface area contributed by atoms with Crippen molar-refractivity contribution in [2.45, 2.75) is 90.5 Å². The van der Waals surface area contributed by atoms with E-state index < -0.39 is 0 Å². The highest BCUT2D eigenvalue weighted by Crippen LogP contribution is 2.19. The Labute approximate surface area is 122 Å². The fourth-order valence-corrected chi connectivity index (χ4v) is 2.09. The van der Waals surface area contributed by atoms with Crippen molar-refractivity contribution in [2.75, 3.05) is 14.1 Å². The highest BCUT2D eigenvalue weighted by atomic mass is 35.5. The van der Waals surface area contributed by atoms with Crippen LogP contribution in [0.3, 0.4) is 0 Å². The lowest BCUT2D eigenvalue weighted by Crippen LogP contribution is -2.37. The lowest BCUT2D eigenvalue weighted by atomic mass is 9.95. The van der Waals surface area contributed by atoms with E-state index in [1.165, 1.54) is 64.2 Å². The first-order chi connectivity index (χ1) is 8.00. The van der Waals surface area contributed by atoms with Crippen LogP contribution in [0.1, 0.15) is 85.0 Å². The van der Waals surface area contributed by atoms with Crippen LogP contribution in [0.5, 0.6) is 0 Å². The minimum absolute atomic E-state index is 0. The van der Waals surface area contributed by atoms with Gasteiger partial charge in [-0.2, -0.15) is 0 Å². The van der Waals surface area contributed by atoms with Crippen molar-refractivity contribution in [1.82, 2.24) is 4.90 Å². The van der Waals surface area contributed by atoms with Gasteiger partial charge in [-0.25, -0.2) is 0 Å². The summed E-state index contributed by atoms with van der Waals surface area (Å²) in [6.07, 6.45) is 14.2. The topological polar surface area (TPSA) is 3.24 Å². The van der Waals surface area contributed by atoms with E-state index in [-0.39, 0.29) is 12.4 Å². The van der Waals surface area contributed by atoms with Gasteiger partial charge in [0.25, 0.3) is 0 Å². The molecule has 0 amide bonds. The summed E-state index contributed by atoms with van der Waals surface area (Å²) in [5, 5.41) is 0. The standard InChI is InChI=1S/C16H35N.ClH/c1-6-7-8-9-10-11-12-13-14-15-16(2,3)17(4)5;/h6-15H2,1-5H3;1H. The second-order valence-electron chi connectivity index (χ2n) is 6.29. The van der Waals surface area contributed by atoms with E-state index in [4.69, 9.17) is 0 Å². The average Bonchev–Trinajstić information content (AvgIpc) is 2.26. The lowest BCUT2D eigenvalue weighted by molar-refractivity contribution is 0.177. The van der Waals surface area contributed by atoms with Crippen LogP contribution in [0, 0.1) is 0 Å². The summed E-state index contributed by atoms with van der Waals surface area (Å²) in [5.41, 5.74) is 0.376. The number of halogens is 1. The molecule has 0 heterocycles. The number of hydrogen-bond acceptors (Lipinski definition) is 1. The molecule has 0 atom stereocenters. The normalized spacial score (nSPS) is 11.7. The maximum atomic E-state index is 2.34. The molecule has 0 aromatic heterocycles. The number of rotatable bonds is 11. The summed E-state index contributed by atoms with van der Waals surface area (Å²) in [7, 11) is 4.38. The van der Waals surface area contributed by atoms with Gasteiger partial charge in [0.1, 0.15) is 0 Å². The van der Waals surface area contributed by atoms with Gasteiger partial charge in [0.15, 0.2) is 0 Å². The summed E-state index contributed by atoms with van der Waals surface area (Å²) in [6, 6.07) is 0. The molecule has 0 aliphatic rings. The van der Waals surface area contributed by atoms with E-state index in [0.29, 0.717) is 5.54 Å². The van der Waals surface area contributed by atoms with Gasteiger partial charge < -0.3 is 4.90 Å². The van der Waals surface area contributed by atoms with Crippen molar-refractivity contribution in [1.29, 1.82) is 0 Å². The van der Waals surface area contributed by atoms with Gasteiger partial charge in [0.2, 0.25) is 0 Å². The van der Waals surface area contributed by atoms with Crippen LogP contribution in [0.4, 0.5) is 0 Å². The van der Waals surface area contributed by atoms with Crippen LogP contribution < -0.4 is 0 Å². The predicted octanol–water partition coefficient (Wildman–Crippen LogP) is 5.67. The quantitative estimate of drug-likeness (QED) is 0.440. The number of hydrogen-bond donors (Lipinski definition) is 0. The molecule has 0 bridgehead atoms.